The van der Waals surface area contributed by atoms with Crippen molar-refractivity contribution in [3.05, 3.63) is 59.7 Å². The molecule has 2 amide bonds. The average molecular weight is 350 g/mol. The van der Waals surface area contributed by atoms with E-state index in [9.17, 15) is 9.59 Å². The molecule has 0 unspecified atom stereocenters. The number of ether oxygens (including phenoxy) is 1. The van der Waals surface area contributed by atoms with E-state index in [-0.39, 0.29) is 11.8 Å². The Kier molecular flexibility index (Phi) is 4.15. The summed E-state index contributed by atoms with van der Waals surface area (Å²) in [5, 5.41) is 2.91. The Morgan fingerprint density at radius 1 is 1.12 bits per heavy atom. The molecule has 1 fully saturated rings. The summed E-state index contributed by atoms with van der Waals surface area (Å²) in [7, 11) is 0. The van der Waals surface area contributed by atoms with Gasteiger partial charge in [0, 0.05) is 31.6 Å². The zero-order valence-electron chi connectivity index (χ0n) is 14.8. The van der Waals surface area contributed by atoms with Gasteiger partial charge >= 0.3 is 6.03 Å². The van der Waals surface area contributed by atoms with E-state index in [1.54, 1.807) is 4.90 Å². The van der Waals surface area contributed by atoms with Gasteiger partial charge in [-0.25, -0.2) is 4.79 Å². The van der Waals surface area contributed by atoms with Crippen LogP contribution >= 0.6 is 0 Å². The topological polar surface area (TPSA) is 58.6 Å². The van der Waals surface area contributed by atoms with Crippen LogP contribution in [0.1, 0.15) is 35.2 Å². The molecule has 4 rings (SSSR count). The lowest BCUT2D eigenvalue weighted by molar-refractivity contribution is 0.000358. The second-order valence-corrected chi connectivity index (χ2v) is 7.17. The molecule has 2 aromatic carbocycles. The largest absolute Gasteiger partial charge is 0.486 e. The first-order valence-corrected chi connectivity index (χ1v) is 8.99. The lowest BCUT2D eigenvalue weighted by Crippen LogP contribution is -2.53. The van der Waals surface area contributed by atoms with Crippen LogP contribution in [0, 0.1) is 6.92 Å². The van der Waals surface area contributed by atoms with Gasteiger partial charge in [-0.3, -0.25) is 4.79 Å². The molecular formula is C21H22N2O3. The van der Waals surface area contributed by atoms with Gasteiger partial charge in [-0.1, -0.05) is 24.3 Å². The Labute approximate surface area is 153 Å². The number of Topliss-reactive ketones (excluding diaryl/α,β-unsaturated/α-hetero) is 1. The molecule has 0 atom stereocenters. The lowest BCUT2D eigenvalue weighted by atomic mass is 9.82. The maximum atomic E-state index is 12.6. The normalized spacial score (nSPS) is 18.2. The number of hydrogen-bond donors (Lipinski definition) is 1. The molecular weight excluding hydrogens is 328 g/mol. The molecule has 0 bridgehead atoms. The van der Waals surface area contributed by atoms with Crippen LogP contribution in [0.4, 0.5) is 10.5 Å². The van der Waals surface area contributed by atoms with E-state index in [0.29, 0.717) is 43.7 Å². The second kappa shape index (κ2) is 6.48. The van der Waals surface area contributed by atoms with Crippen LogP contribution in [0.25, 0.3) is 0 Å². The number of nitrogens with zero attached hydrogens (tertiary/aromatic N) is 1. The van der Waals surface area contributed by atoms with Gasteiger partial charge in [0.05, 0.1) is 12.0 Å². The Hall–Kier alpha value is -2.82. The molecule has 26 heavy (non-hydrogen) atoms. The highest BCUT2D eigenvalue weighted by Gasteiger charge is 2.43. The predicted molar refractivity (Wildman–Crippen MR) is 99.8 cm³/mol. The molecule has 0 radical (unpaired) electrons. The first-order valence-electron chi connectivity index (χ1n) is 8.99. The van der Waals surface area contributed by atoms with Crippen LogP contribution in [0.5, 0.6) is 5.75 Å². The number of carbonyl (C=O) groups is 2. The van der Waals surface area contributed by atoms with E-state index in [1.165, 1.54) is 0 Å². The van der Waals surface area contributed by atoms with E-state index in [2.05, 4.69) is 5.32 Å². The van der Waals surface area contributed by atoms with Crippen molar-refractivity contribution in [2.24, 2.45) is 0 Å². The number of para-hydroxylation sites is 1. The number of ketones is 1. The number of aryl methyl sites for hydroxylation is 1. The first-order chi connectivity index (χ1) is 12.5. The van der Waals surface area contributed by atoms with E-state index in [1.807, 2.05) is 55.5 Å². The number of hydrogen-bond acceptors (Lipinski definition) is 3. The maximum absolute atomic E-state index is 12.6. The van der Waals surface area contributed by atoms with E-state index in [0.717, 1.165) is 11.3 Å². The number of amides is 2. The average Bonchev–Trinajstić information content (AvgIpc) is 2.62. The minimum absolute atomic E-state index is 0.107. The molecule has 1 spiro atoms. The van der Waals surface area contributed by atoms with Crippen molar-refractivity contribution in [3.8, 4) is 5.75 Å². The monoisotopic (exact) mass is 350 g/mol. The van der Waals surface area contributed by atoms with Gasteiger partial charge in [-0.2, -0.15) is 0 Å². The van der Waals surface area contributed by atoms with Crippen molar-refractivity contribution < 1.29 is 14.3 Å². The summed E-state index contributed by atoms with van der Waals surface area (Å²) in [6, 6.07) is 15.0. The summed E-state index contributed by atoms with van der Waals surface area (Å²) in [6.07, 6.45) is 1.71. The Morgan fingerprint density at radius 2 is 1.85 bits per heavy atom. The quantitative estimate of drug-likeness (QED) is 0.845. The molecule has 134 valence electrons. The number of nitrogens with one attached hydrogen (secondary N) is 1. The molecule has 2 heterocycles. The first kappa shape index (κ1) is 16.6. The van der Waals surface area contributed by atoms with Gasteiger partial charge in [-0.15, -0.1) is 0 Å². The number of anilines is 1. The van der Waals surface area contributed by atoms with Gasteiger partial charge in [0.25, 0.3) is 0 Å². The predicted octanol–water partition coefficient (Wildman–Crippen LogP) is 4.03. The molecule has 2 aliphatic rings. The fraction of sp³-hybridized carbons (Fsp3) is 0.333. The summed E-state index contributed by atoms with van der Waals surface area (Å²) < 4.78 is 6.28. The summed E-state index contributed by atoms with van der Waals surface area (Å²) >= 11 is 0. The summed E-state index contributed by atoms with van der Waals surface area (Å²) in [6.45, 7) is 3.14. The fourth-order valence-electron chi connectivity index (χ4n) is 3.72. The van der Waals surface area contributed by atoms with Crippen LogP contribution in [-0.4, -0.2) is 35.4 Å². The van der Waals surface area contributed by atoms with Crippen molar-refractivity contribution in [1.82, 2.24) is 4.90 Å². The maximum Gasteiger partial charge on any atom is 0.321 e. The third-order valence-corrected chi connectivity index (χ3v) is 5.23. The van der Waals surface area contributed by atoms with Gasteiger partial charge < -0.3 is 15.0 Å². The smallest absolute Gasteiger partial charge is 0.321 e. The van der Waals surface area contributed by atoms with Crippen molar-refractivity contribution in [1.29, 1.82) is 0 Å². The summed E-state index contributed by atoms with van der Waals surface area (Å²) in [5.74, 6) is 0.817. The number of benzene rings is 2. The standard InChI is InChI=1S/C21H22N2O3/c1-15-7-8-17-18(24)14-21(26-19(17)13-15)9-11-23(12-10-21)20(25)22-16-5-3-2-4-6-16/h2-8,13H,9-12,14H2,1H3,(H,22,25). The third kappa shape index (κ3) is 3.17. The number of urea groups is 1. The molecule has 1 N–H and O–H groups in total. The number of fused-ring (bicyclic) bond motifs is 1. The highest BCUT2D eigenvalue weighted by Crippen LogP contribution is 2.39. The highest BCUT2D eigenvalue weighted by molar-refractivity contribution is 6.00. The lowest BCUT2D eigenvalue weighted by Gasteiger charge is -2.43. The zero-order valence-corrected chi connectivity index (χ0v) is 14.8. The molecule has 0 aromatic heterocycles. The highest BCUT2D eigenvalue weighted by atomic mass is 16.5. The van der Waals surface area contributed by atoms with Crippen LogP contribution in [-0.2, 0) is 0 Å². The van der Waals surface area contributed by atoms with E-state index in [4.69, 9.17) is 4.74 Å². The number of likely N-dealkylation sites (tertiary alicyclic amines) is 1. The SMILES string of the molecule is Cc1ccc2c(c1)OC1(CCN(C(=O)Nc3ccccc3)CC1)CC2=O. The Bertz CT molecular complexity index is 840. The minimum atomic E-state index is -0.485. The van der Waals surface area contributed by atoms with Gasteiger partial charge in [0.1, 0.15) is 11.4 Å². The second-order valence-electron chi connectivity index (χ2n) is 7.17. The summed E-state index contributed by atoms with van der Waals surface area (Å²) in [4.78, 5) is 26.8. The fourth-order valence-corrected chi connectivity index (χ4v) is 3.72. The van der Waals surface area contributed by atoms with Crippen molar-refractivity contribution in [3.63, 3.8) is 0 Å². The number of carbonyl (C=O) groups excluding carboxylic acids is 2. The zero-order chi connectivity index (χ0) is 18.1. The van der Waals surface area contributed by atoms with Gasteiger partial charge in [0.15, 0.2) is 5.78 Å². The van der Waals surface area contributed by atoms with Gasteiger partial charge in [-0.05, 0) is 36.8 Å². The molecule has 1 saturated heterocycles. The van der Waals surface area contributed by atoms with Crippen molar-refractivity contribution in [2.75, 3.05) is 18.4 Å². The van der Waals surface area contributed by atoms with Crippen LogP contribution < -0.4 is 10.1 Å². The van der Waals surface area contributed by atoms with Crippen LogP contribution in [0.2, 0.25) is 0 Å². The molecule has 5 heteroatoms. The Morgan fingerprint density at radius 3 is 2.58 bits per heavy atom. The molecule has 5 nitrogen and oxygen atoms in total. The van der Waals surface area contributed by atoms with Crippen molar-refractivity contribution in [2.45, 2.75) is 31.8 Å². The number of piperidine rings is 1. The van der Waals surface area contributed by atoms with E-state index < -0.39 is 5.60 Å². The molecule has 2 aliphatic heterocycles. The van der Waals surface area contributed by atoms with E-state index >= 15 is 0 Å². The number of rotatable bonds is 1. The summed E-state index contributed by atoms with van der Waals surface area (Å²) in [5.41, 5.74) is 2.05. The Balaban J connectivity index is 1.43. The molecule has 0 saturated carbocycles. The van der Waals surface area contributed by atoms with Crippen LogP contribution in [0.3, 0.4) is 0 Å². The minimum Gasteiger partial charge on any atom is -0.486 e. The van der Waals surface area contributed by atoms with Gasteiger partial charge in [0.2, 0.25) is 0 Å². The molecule has 0 aliphatic carbocycles. The molecule has 2 aromatic rings. The third-order valence-electron chi connectivity index (χ3n) is 5.23. The van der Waals surface area contributed by atoms with Crippen molar-refractivity contribution >= 4 is 17.5 Å². The van der Waals surface area contributed by atoms with Crippen LogP contribution in [0.15, 0.2) is 48.5 Å².